The third kappa shape index (κ3) is 2.84. The summed E-state index contributed by atoms with van der Waals surface area (Å²) in [4.78, 5) is 13.0. The average molecular weight is 338 g/mol. The van der Waals surface area contributed by atoms with Crippen molar-refractivity contribution in [2.24, 2.45) is 5.92 Å². The number of sulfone groups is 1. The number of carbonyl (C=O) groups is 1. The van der Waals surface area contributed by atoms with E-state index in [2.05, 4.69) is 0 Å². The smallest absolute Gasteiger partial charge is 0.183 e. The van der Waals surface area contributed by atoms with Gasteiger partial charge < -0.3 is 9.47 Å². The minimum Gasteiger partial charge on any atom is -0.352 e. The number of rotatable bonds is 5. The molecule has 1 aromatic carbocycles. The van der Waals surface area contributed by atoms with Crippen molar-refractivity contribution in [1.29, 1.82) is 0 Å². The maximum absolute atomic E-state index is 13.0. The Bertz CT molecular complexity index is 673. The van der Waals surface area contributed by atoms with Gasteiger partial charge in [0.15, 0.2) is 21.9 Å². The minimum absolute atomic E-state index is 0.00602. The minimum atomic E-state index is -3.02. The van der Waals surface area contributed by atoms with Crippen molar-refractivity contribution >= 4 is 15.6 Å². The number of ether oxygens (including phenoxy) is 2. The van der Waals surface area contributed by atoms with Crippen LogP contribution in [-0.4, -0.2) is 38.9 Å². The highest BCUT2D eigenvalue weighted by atomic mass is 32.2. The van der Waals surface area contributed by atoms with Crippen molar-refractivity contribution in [3.05, 3.63) is 35.4 Å². The molecule has 2 aliphatic heterocycles. The number of fused-ring (bicyclic) bond motifs is 2. The Morgan fingerprint density at radius 2 is 1.65 bits per heavy atom. The first-order chi connectivity index (χ1) is 11.0. The summed E-state index contributed by atoms with van der Waals surface area (Å²) in [6.45, 7) is 0. The third-order valence-corrected chi connectivity index (χ3v) is 7.83. The number of hydrogen-bond donors (Lipinski definition) is 0. The summed E-state index contributed by atoms with van der Waals surface area (Å²) in [7, 11) is 0.0461. The predicted octanol–water partition coefficient (Wildman–Crippen LogP) is 2.52. The molecule has 1 aromatic rings. The van der Waals surface area contributed by atoms with Crippen molar-refractivity contribution in [3.63, 3.8) is 0 Å². The molecule has 2 aliphatic rings. The highest BCUT2D eigenvalue weighted by Gasteiger charge is 2.48. The Labute approximate surface area is 136 Å². The van der Waals surface area contributed by atoms with Crippen LogP contribution in [0.1, 0.15) is 47.9 Å². The van der Waals surface area contributed by atoms with Gasteiger partial charge in [0.05, 0.1) is 10.5 Å². The van der Waals surface area contributed by atoms with E-state index in [9.17, 15) is 13.2 Å². The molecule has 0 N–H and O–H groups in total. The summed E-state index contributed by atoms with van der Waals surface area (Å²) in [5.41, 5.74) is 1.27. The van der Waals surface area contributed by atoms with Crippen LogP contribution in [-0.2, 0) is 19.3 Å². The molecule has 0 saturated carbocycles. The van der Waals surface area contributed by atoms with Gasteiger partial charge in [0.2, 0.25) is 0 Å². The van der Waals surface area contributed by atoms with Gasteiger partial charge >= 0.3 is 0 Å². The fraction of sp³-hybridized carbons (Fsp3) is 0.588. The van der Waals surface area contributed by atoms with Gasteiger partial charge in [-0.25, -0.2) is 8.42 Å². The molecule has 2 atom stereocenters. The van der Waals surface area contributed by atoms with Crippen LogP contribution in [0, 0.1) is 5.92 Å². The molecule has 6 heteroatoms. The van der Waals surface area contributed by atoms with Crippen LogP contribution in [0.2, 0.25) is 0 Å². The molecule has 2 fully saturated rings. The lowest BCUT2D eigenvalue weighted by Gasteiger charge is -2.28. The molecular formula is C17H22O5S. The van der Waals surface area contributed by atoms with Gasteiger partial charge in [-0.1, -0.05) is 24.3 Å². The van der Waals surface area contributed by atoms with Crippen molar-refractivity contribution in [2.75, 3.05) is 14.2 Å². The third-order valence-electron chi connectivity index (χ3n) is 5.11. The van der Waals surface area contributed by atoms with Gasteiger partial charge in [-0.05, 0) is 25.7 Å². The van der Waals surface area contributed by atoms with Crippen LogP contribution < -0.4 is 0 Å². The Hall–Kier alpha value is -1.24. The normalized spacial score (nSPS) is 28.9. The summed E-state index contributed by atoms with van der Waals surface area (Å²) in [6.07, 6.45) is 1.67. The van der Waals surface area contributed by atoms with E-state index in [0.29, 0.717) is 36.8 Å². The van der Waals surface area contributed by atoms with E-state index < -0.39 is 16.1 Å². The molecule has 0 spiro atoms. The predicted molar refractivity (Wildman–Crippen MR) is 86.0 cm³/mol. The lowest BCUT2D eigenvalue weighted by atomic mass is 9.88. The van der Waals surface area contributed by atoms with Crippen LogP contribution in [0.15, 0.2) is 24.3 Å². The fourth-order valence-corrected chi connectivity index (χ4v) is 6.39. The summed E-state index contributed by atoms with van der Waals surface area (Å²) >= 11 is 0. The van der Waals surface area contributed by atoms with Gasteiger partial charge in [0, 0.05) is 31.3 Å². The Kier molecular flexibility index (Phi) is 4.58. The van der Waals surface area contributed by atoms with Crippen molar-refractivity contribution < 1.29 is 22.7 Å². The molecule has 3 rings (SSSR count). The maximum atomic E-state index is 13.0. The quantitative estimate of drug-likeness (QED) is 0.609. The van der Waals surface area contributed by atoms with Crippen LogP contribution in [0.4, 0.5) is 0 Å². The van der Waals surface area contributed by atoms with Crippen molar-refractivity contribution in [3.8, 4) is 0 Å². The number of Topliss-reactive ketones (excluding diaryl/α,β-unsaturated/α-hetero) is 1. The van der Waals surface area contributed by atoms with Crippen molar-refractivity contribution in [1.82, 2.24) is 0 Å². The maximum Gasteiger partial charge on any atom is 0.183 e. The molecule has 5 nitrogen and oxygen atoms in total. The SMILES string of the molecule is COC(OC)c1ccccc1C(=O)C1CC2CCC(C1)S2(=O)=O. The van der Waals surface area contributed by atoms with E-state index in [0.717, 1.165) is 0 Å². The second-order valence-electron chi connectivity index (χ2n) is 6.33. The molecule has 0 aromatic heterocycles. The lowest BCUT2D eigenvalue weighted by Crippen LogP contribution is -2.36. The molecule has 2 saturated heterocycles. The van der Waals surface area contributed by atoms with Gasteiger partial charge in [-0.2, -0.15) is 0 Å². The molecule has 0 radical (unpaired) electrons. The Morgan fingerprint density at radius 1 is 1.09 bits per heavy atom. The topological polar surface area (TPSA) is 69.7 Å². The number of hydrogen-bond acceptors (Lipinski definition) is 5. The first kappa shape index (κ1) is 16.6. The standard InChI is InChI=1S/C17H22O5S/c1-21-17(22-2)15-6-4-3-5-14(15)16(18)11-9-12-7-8-13(10-11)23(12,19)20/h3-6,11-13,17H,7-10H2,1-2H3. The highest BCUT2D eigenvalue weighted by molar-refractivity contribution is 7.93. The lowest BCUT2D eigenvalue weighted by molar-refractivity contribution is -0.106. The summed E-state index contributed by atoms with van der Waals surface area (Å²) < 4.78 is 35.0. The average Bonchev–Trinajstić information content (AvgIpc) is 2.73. The van der Waals surface area contributed by atoms with Crippen LogP contribution in [0.3, 0.4) is 0 Å². The summed E-state index contributed by atoms with van der Waals surface area (Å²) in [6, 6.07) is 7.24. The van der Waals surface area contributed by atoms with E-state index >= 15 is 0 Å². The molecule has 0 amide bonds. The highest BCUT2D eigenvalue weighted by Crippen LogP contribution is 2.42. The first-order valence-corrected chi connectivity index (χ1v) is 9.51. The molecule has 2 unspecified atom stereocenters. The zero-order valence-corrected chi connectivity index (χ0v) is 14.2. The number of methoxy groups -OCH3 is 2. The van der Waals surface area contributed by atoms with E-state index in [4.69, 9.17) is 9.47 Å². The van der Waals surface area contributed by atoms with Gasteiger partial charge in [0.1, 0.15) is 0 Å². The summed E-state index contributed by atoms with van der Waals surface area (Å²) in [5.74, 6) is -0.224. The fourth-order valence-electron chi connectivity index (χ4n) is 3.92. The molecule has 0 aliphatic carbocycles. The second-order valence-corrected chi connectivity index (χ2v) is 8.84. The van der Waals surface area contributed by atoms with Crippen LogP contribution in [0.25, 0.3) is 0 Å². The molecule has 2 heterocycles. The van der Waals surface area contributed by atoms with Gasteiger partial charge in [-0.3, -0.25) is 4.79 Å². The second kappa shape index (κ2) is 6.34. The zero-order valence-electron chi connectivity index (χ0n) is 13.4. The van der Waals surface area contributed by atoms with Crippen LogP contribution in [0.5, 0.6) is 0 Å². The van der Waals surface area contributed by atoms with Gasteiger partial charge in [-0.15, -0.1) is 0 Å². The van der Waals surface area contributed by atoms with Crippen LogP contribution >= 0.6 is 0 Å². The number of carbonyl (C=O) groups excluding carboxylic acids is 1. The zero-order chi connectivity index (χ0) is 16.6. The van der Waals surface area contributed by atoms with E-state index in [1.165, 1.54) is 14.2 Å². The molecule has 23 heavy (non-hydrogen) atoms. The van der Waals surface area contributed by atoms with E-state index in [-0.39, 0.29) is 22.2 Å². The van der Waals surface area contributed by atoms with E-state index in [1.54, 1.807) is 6.07 Å². The summed E-state index contributed by atoms with van der Waals surface area (Å²) in [5, 5.41) is -0.689. The monoisotopic (exact) mass is 338 g/mol. The molecule has 126 valence electrons. The van der Waals surface area contributed by atoms with E-state index in [1.807, 2.05) is 18.2 Å². The Morgan fingerprint density at radius 3 is 2.22 bits per heavy atom. The largest absolute Gasteiger partial charge is 0.352 e. The molecular weight excluding hydrogens is 316 g/mol. The number of benzene rings is 1. The first-order valence-electron chi connectivity index (χ1n) is 7.90. The number of ketones is 1. The molecule has 2 bridgehead atoms. The van der Waals surface area contributed by atoms with Gasteiger partial charge in [0.25, 0.3) is 0 Å². The Balaban J connectivity index is 1.88. The van der Waals surface area contributed by atoms with Crippen molar-refractivity contribution in [2.45, 2.75) is 42.5 Å².